The lowest BCUT2D eigenvalue weighted by molar-refractivity contribution is -0.167. The molecule has 0 bridgehead atoms. The molecule has 0 aromatic carbocycles. The molecule has 0 aromatic rings. The molecule has 6 nitrogen and oxygen atoms in total. The van der Waals surface area contributed by atoms with Gasteiger partial charge in [-0.3, -0.25) is 14.4 Å². The number of allylic oxidation sites excluding steroid dienone is 8. The van der Waals surface area contributed by atoms with E-state index < -0.39 is 6.10 Å². The molecule has 1 atom stereocenters. The Labute approximate surface area is 422 Å². The van der Waals surface area contributed by atoms with Crippen LogP contribution < -0.4 is 0 Å². The Balaban J connectivity index is 4.36. The maximum Gasteiger partial charge on any atom is 0.306 e. The molecular weight excluding hydrogens is 841 g/mol. The largest absolute Gasteiger partial charge is 0.462 e. The smallest absolute Gasteiger partial charge is 0.306 e. The lowest BCUT2D eigenvalue weighted by Gasteiger charge is -2.18. The summed E-state index contributed by atoms with van der Waals surface area (Å²) in [6.07, 6.45) is 69.7. The lowest BCUT2D eigenvalue weighted by Crippen LogP contribution is -2.30. The quantitative estimate of drug-likeness (QED) is 0.0262. The van der Waals surface area contributed by atoms with E-state index in [1.54, 1.807) is 0 Å². The molecule has 0 N–H and O–H groups in total. The van der Waals surface area contributed by atoms with E-state index in [0.717, 1.165) is 83.5 Å². The first kappa shape index (κ1) is 65.4. The van der Waals surface area contributed by atoms with Crippen LogP contribution in [0.1, 0.15) is 310 Å². The summed E-state index contributed by atoms with van der Waals surface area (Å²) in [4.78, 5) is 38.2. The van der Waals surface area contributed by atoms with Gasteiger partial charge in [0.15, 0.2) is 6.10 Å². The number of carbonyl (C=O) groups excluding carboxylic acids is 3. The highest BCUT2D eigenvalue weighted by molar-refractivity contribution is 5.71. The zero-order chi connectivity index (χ0) is 49.3. The van der Waals surface area contributed by atoms with E-state index in [2.05, 4.69) is 69.4 Å². The molecule has 0 aliphatic carbocycles. The molecule has 0 fully saturated rings. The van der Waals surface area contributed by atoms with Gasteiger partial charge in [0.25, 0.3) is 0 Å². The van der Waals surface area contributed by atoms with Crippen molar-refractivity contribution in [3.05, 3.63) is 48.6 Å². The summed E-state index contributed by atoms with van der Waals surface area (Å²) >= 11 is 0. The normalized spacial score (nSPS) is 12.3. The standard InChI is InChI=1S/C62H112O6/c1-4-7-10-13-16-19-22-25-28-30-31-32-35-37-40-43-46-49-52-55-61(64)67-58-59(57-66-60(63)54-51-48-45-42-39-36-33-27-24-21-18-15-12-9-6-3)68-62(65)56-53-50-47-44-41-38-34-29-26-23-20-17-14-11-8-5-2/h9,12,18,21,27,33,39,42,59H,4-8,10-11,13-17,19-20,22-26,28-32,34-38,40-41,43-58H2,1-3H3/b12-9-,21-18-,33-27-,42-39-. The molecule has 0 saturated heterocycles. The van der Waals surface area contributed by atoms with Crippen LogP contribution >= 0.6 is 0 Å². The van der Waals surface area contributed by atoms with Crippen LogP contribution in [0, 0.1) is 0 Å². The van der Waals surface area contributed by atoms with Crippen LogP contribution in [0.15, 0.2) is 48.6 Å². The molecular formula is C62H112O6. The fourth-order valence-corrected chi connectivity index (χ4v) is 8.67. The van der Waals surface area contributed by atoms with Crippen LogP contribution in [0.5, 0.6) is 0 Å². The zero-order valence-corrected chi connectivity index (χ0v) is 45.4. The van der Waals surface area contributed by atoms with Crippen molar-refractivity contribution in [1.29, 1.82) is 0 Å². The Hall–Kier alpha value is -2.63. The fourth-order valence-electron chi connectivity index (χ4n) is 8.67. The summed E-state index contributed by atoms with van der Waals surface area (Å²) in [5.74, 6) is -0.906. The Bertz CT molecular complexity index is 1190. The first-order chi connectivity index (χ1) is 33.5. The van der Waals surface area contributed by atoms with Gasteiger partial charge in [-0.05, 0) is 57.8 Å². The first-order valence-corrected chi connectivity index (χ1v) is 29.6. The molecule has 0 saturated carbocycles. The Morgan fingerprint density at radius 2 is 0.574 bits per heavy atom. The number of hydrogen-bond donors (Lipinski definition) is 0. The SMILES string of the molecule is CC/C=C\C/C=C\C/C=C\C/C=C\CCCCC(=O)OCC(COC(=O)CCCCCCCCCCCCCCCCCCCCC)OC(=O)CCCCCCCCCCCCCCCCCC. The predicted molar refractivity (Wildman–Crippen MR) is 293 cm³/mol. The maximum atomic E-state index is 12.9. The van der Waals surface area contributed by atoms with Gasteiger partial charge in [-0.25, -0.2) is 0 Å². The van der Waals surface area contributed by atoms with Gasteiger partial charge < -0.3 is 14.2 Å². The predicted octanol–water partition coefficient (Wildman–Crippen LogP) is 19.8. The van der Waals surface area contributed by atoms with Gasteiger partial charge >= 0.3 is 17.9 Å². The van der Waals surface area contributed by atoms with E-state index in [1.165, 1.54) is 186 Å². The molecule has 0 amide bonds. The molecule has 0 aliphatic rings. The second-order valence-electron chi connectivity index (χ2n) is 19.9. The van der Waals surface area contributed by atoms with E-state index >= 15 is 0 Å². The summed E-state index contributed by atoms with van der Waals surface area (Å²) in [5.41, 5.74) is 0. The number of rotatable bonds is 54. The summed E-state index contributed by atoms with van der Waals surface area (Å²) < 4.78 is 16.9. The average molecular weight is 954 g/mol. The van der Waals surface area contributed by atoms with Gasteiger partial charge in [0.05, 0.1) is 0 Å². The molecule has 0 aliphatic heterocycles. The van der Waals surface area contributed by atoms with Crippen molar-refractivity contribution in [2.75, 3.05) is 13.2 Å². The van der Waals surface area contributed by atoms with Crippen LogP contribution in [-0.4, -0.2) is 37.2 Å². The topological polar surface area (TPSA) is 78.9 Å². The van der Waals surface area contributed by atoms with E-state index in [-0.39, 0.29) is 31.1 Å². The molecule has 6 heteroatoms. The molecule has 0 spiro atoms. The van der Waals surface area contributed by atoms with Gasteiger partial charge in [0, 0.05) is 19.3 Å². The molecule has 0 radical (unpaired) electrons. The van der Waals surface area contributed by atoms with E-state index in [0.29, 0.717) is 19.3 Å². The van der Waals surface area contributed by atoms with Crippen molar-refractivity contribution in [3.8, 4) is 0 Å². The van der Waals surface area contributed by atoms with E-state index in [1.807, 2.05) is 0 Å². The molecule has 396 valence electrons. The highest BCUT2D eigenvalue weighted by atomic mass is 16.6. The van der Waals surface area contributed by atoms with E-state index in [4.69, 9.17) is 14.2 Å². The minimum atomic E-state index is -0.786. The number of ether oxygens (including phenoxy) is 3. The molecule has 0 heterocycles. The first-order valence-electron chi connectivity index (χ1n) is 29.6. The third-order valence-corrected chi connectivity index (χ3v) is 13.1. The zero-order valence-electron chi connectivity index (χ0n) is 45.4. The number of esters is 3. The van der Waals surface area contributed by atoms with Crippen molar-refractivity contribution in [2.45, 2.75) is 316 Å². The monoisotopic (exact) mass is 953 g/mol. The summed E-state index contributed by atoms with van der Waals surface area (Å²) in [6, 6.07) is 0. The van der Waals surface area contributed by atoms with Gasteiger partial charge in [0.2, 0.25) is 0 Å². The minimum Gasteiger partial charge on any atom is -0.462 e. The summed E-state index contributed by atoms with van der Waals surface area (Å²) in [6.45, 7) is 6.54. The van der Waals surface area contributed by atoms with Gasteiger partial charge in [-0.15, -0.1) is 0 Å². The molecule has 0 aromatic heterocycles. The fraction of sp³-hybridized carbons (Fsp3) is 0.823. The van der Waals surface area contributed by atoms with Crippen LogP contribution in [0.2, 0.25) is 0 Å². The lowest BCUT2D eigenvalue weighted by atomic mass is 10.0. The highest BCUT2D eigenvalue weighted by Crippen LogP contribution is 2.17. The Kier molecular flexibility index (Phi) is 54.8. The third-order valence-electron chi connectivity index (χ3n) is 13.1. The summed E-state index contributed by atoms with van der Waals surface area (Å²) in [7, 11) is 0. The third kappa shape index (κ3) is 54.3. The van der Waals surface area contributed by atoms with Crippen molar-refractivity contribution in [2.24, 2.45) is 0 Å². The van der Waals surface area contributed by atoms with E-state index in [9.17, 15) is 14.4 Å². The minimum absolute atomic E-state index is 0.0816. The van der Waals surface area contributed by atoms with Crippen molar-refractivity contribution in [3.63, 3.8) is 0 Å². The maximum absolute atomic E-state index is 12.9. The highest BCUT2D eigenvalue weighted by Gasteiger charge is 2.19. The van der Waals surface area contributed by atoms with Gasteiger partial charge in [0.1, 0.15) is 13.2 Å². The molecule has 68 heavy (non-hydrogen) atoms. The van der Waals surface area contributed by atoms with Crippen LogP contribution in [0.3, 0.4) is 0 Å². The average Bonchev–Trinajstić information content (AvgIpc) is 3.34. The molecule has 1 unspecified atom stereocenters. The number of unbranched alkanes of at least 4 members (excludes halogenated alkanes) is 35. The Morgan fingerprint density at radius 1 is 0.309 bits per heavy atom. The van der Waals surface area contributed by atoms with Crippen LogP contribution in [0.25, 0.3) is 0 Å². The van der Waals surface area contributed by atoms with Gasteiger partial charge in [-0.2, -0.15) is 0 Å². The second kappa shape index (κ2) is 57.0. The van der Waals surface area contributed by atoms with Crippen molar-refractivity contribution in [1.82, 2.24) is 0 Å². The van der Waals surface area contributed by atoms with Crippen molar-refractivity contribution >= 4 is 17.9 Å². The number of carbonyl (C=O) groups is 3. The molecule has 0 rings (SSSR count). The van der Waals surface area contributed by atoms with Gasteiger partial charge in [-0.1, -0.05) is 281 Å². The summed E-state index contributed by atoms with van der Waals surface area (Å²) in [5, 5.41) is 0. The Morgan fingerprint density at radius 3 is 0.897 bits per heavy atom. The van der Waals surface area contributed by atoms with Crippen LogP contribution in [-0.2, 0) is 28.6 Å². The van der Waals surface area contributed by atoms with Crippen molar-refractivity contribution < 1.29 is 28.6 Å². The second-order valence-corrected chi connectivity index (χ2v) is 19.9. The van der Waals surface area contributed by atoms with Crippen LogP contribution in [0.4, 0.5) is 0 Å². The number of hydrogen-bond acceptors (Lipinski definition) is 6.